The molecule has 0 aliphatic carbocycles. The SMILES string of the molecule is C=C/C=C(\C=C)CC=O.CNS(=O)(=O)c1ccc(CCN(C)Cc2cc(Cl)ccc2OC)cc1. The summed E-state index contributed by atoms with van der Waals surface area (Å²) in [6, 6.07) is 12.5. The van der Waals surface area contributed by atoms with Crippen molar-refractivity contribution in [3.63, 3.8) is 0 Å². The van der Waals surface area contributed by atoms with Gasteiger partial charge in [-0.25, -0.2) is 13.1 Å². The number of halogens is 1. The Balaban J connectivity index is 0.000000546. The molecule has 2 aromatic carbocycles. The van der Waals surface area contributed by atoms with E-state index in [-0.39, 0.29) is 4.90 Å². The number of allylic oxidation sites excluding steroid dienone is 4. The van der Waals surface area contributed by atoms with E-state index in [2.05, 4.69) is 22.8 Å². The maximum atomic E-state index is 11.7. The van der Waals surface area contributed by atoms with Crippen LogP contribution in [0.25, 0.3) is 0 Å². The fraction of sp³-hybridized carbons (Fsp3) is 0.269. The normalized spacial score (nSPS) is 11.4. The number of benzene rings is 2. The number of sulfonamides is 1. The highest BCUT2D eigenvalue weighted by Gasteiger charge is 2.11. The van der Waals surface area contributed by atoms with Crippen molar-refractivity contribution < 1.29 is 17.9 Å². The van der Waals surface area contributed by atoms with E-state index in [1.165, 1.54) is 7.05 Å². The van der Waals surface area contributed by atoms with Crippen molar-refractivity contribution in [2.24, 2.45) is 0 Å². The van der Waals surface area contributed by atoms with Crippen LogP contribution in [-0.4, -0.2) is 47.4 Å². The van der Waals surface area contributed by atoms with E-state index in [1.54, 1.807) is 37.5 Å². The van der Waals surface area contributed by atoms with Crippen molar-refractivity contribution in [1.29, 1.82) is 0 Å². The van der Waals surface area contributed by atoms with Crippen molar-refractivity contribution in [2.75, 3.05) is 27.7 Å². The Hall–Kier alpha value is -2.71. The third kappa shape index (κ3) is 10.1. The second kappa shape index (κ2) is 15.2. The minimum atomic E-state index is -3.39. The molecule has 0 bridgehead atoms. The molecule has 0 aliphatic heterocycles. The highest BCUT2D eigenvalue weighted by molar-refractivity contribution is 7.89. The number of aldehydes is 1. The van der Waals surface area contributed by atoms with E-state index in [4.69, 9.17) is 16.3 Å². The van der Waals surface area contributed by atoms with Crippen LogP contribution in [0.1, 0.15) is 17.5 Å². The van der Waals surface area contributed by atoms with Crippen LogP contribution in [-0.2, 0) is 27.8 Å². The molecule has 2 aromatic rings. The standard InChI is InChI=1S/C18H23ClN2O3S.C8H10O/c1-20-25(22,23)17-7-4-14(5-8-17)10-11-21(2)13-15-12-16(19)6-9-18(15)24-3;1-3-5-8(4-2)6-7-9/h4-9,12,20H,10-11,13H2,1-3H3;3-5,7H,1-2,6H2/b;8-5+. The zero-order valence-electron chi connectivity index (χ0n) is 20.0. The first-order valence-corrected chi connectivity index (χ1v) is 12.5. The van der Waals surface area contributed by atoms with Gasteiger partial charge in [0, 0.05) is 30.1 Å². The van der Waals surface area contributed by atoms with Crippen molar-refractivity contribution in [1.82, 2.24) is 9.62 Å². The average molecular weight is 505 g/mol. The molecule has 0 radical (unpaired) electrons. The highest BCUT2D eigenvalue weighted by Crippen LogP contribution is 2.23. The molecule has 0 aromatic heterocycles. The first-order chi connectivity index (χ1) is 16.2. The van der Waals surface area contributed by atoms with Crippen molar-refractivity contribution in [2.45, 2.75) is 24.3 Å². The van der Waals surface area contributed by atoms with Crippen LogP contribution < -0.4 is 9.46 Å². The second-order valence-corrected chi connectivity index (χ2v) is 9.67. The van der Waals surface area contributed by atoms with Gasteiger partial charge >= 0.3 is 0 Å². The molecule has 0 saturated heterocycles. The second-order valence-electron chi connectivity index (χ2n) is 7.35. The Morgan fingerprint density at radius 3 is 2.38 bits per heavy atom. The number of nitrogens with zero attached hydrogens (tertiary/aromatic N) is 1. The molecule has 0 spiro atoms. The molecule has 1 N–H and O–H groups in total. The van der Waals surface area contributed by atoms with Crippen LogP contribution >= 0.6 is 11.6 Å². The van der Waals surface area contributed by atoms with Gasteiger partial charge in [0.1, 0.15) is 12.0 Å². The first kappa shape index (κ1) is 29.3. The number of rotatable bonds is 12. The molecule has 0 saturated carbocycles. The van der Waals surface area contributed by atoms with Crippen LogP contribution in [0.15, 0.2) is 84.3 Å². The number of carbonyl (C=O) groups is 1. The highest BCUT2D eigenvalue weighted by atomic mass is 35.5. The number of hydrogen-bond acceptors (Lipinski definition) is 5. The van der Waals surface area contributed by atoms with E-state index in [9.17, 15) is 13.2 Å². The molecular weight excluding hydrogens is 472 g/mol. The van der Waals surface area contributed by atoms with Gasteiger partial charge in [-0.3, -0.25) is 0 Å². The minimum absolute atomic E-state index is 0.274. The lowest BCUT2D eigenvalue weighted by molar-refractivity contribution is -0.107. The van der Waals surface area contributed by atoms with E-state index < -0.39 is 10.0 Å². The smallest absolute Gasteiger partial charge is 0.240 e. The van der Waals surface area contributed by atoms with Gasteiger partial charge in [0.2, 0.25) is 10.0 Å². The summed E-state index contributed by atoms with van der Waals surface area (Å²) < 4.78 is 31.1. The van der Waals surface area contributed by atoms with Crippen LogP contribution in [0.2, 0.25) is 5.02 Å². The van der Waals surface area contributed by atoms with Gasteiger partial charge in [0.05, 0.1) is 12.0 Å². The molecule has 184 valence electrons. The first-order valence-electron chi connectivity index (χ1n) is 10.6. The quantitative estimate of drug-likeness (QED) is 0.332. The zero-order valence-corrected chi connectivity index (χ0v) is 21.5. The molecule has 0 unspecified atom stereocenters. The van der Waals surface area contributed by atoms with Crippen LogP contribution in [0.5, 0.6) is 5.75 Å². The molecule has 0 atom stereocenters. The monoisotopic (exact) mass is 504 g/mol. The number of likely N-dealkylation sites (N-methyl/N-ethyl adjacent to an activating group) is 1. The molecule has 2 rings (SSSR count). The van der Waals surface area contributed by atoms with Crippen molar-refractivity contribution in [3.05, 3.63) is 95.6 Å². The van der Waals surface area contributed by atoms with Gasteiger partial charge in [-0.05, 0) is 62.0 Å². The Labute approximate surface area is 208 Å². The molecule has 6 nitrogen and oxygen atoms in total. The van der Waals surface area contributed by atoms with Gasteiger partial charge in [0.15, 0.2) is 0 Å². The van der Waals surface area contributed by atoms with Gasteiger partial charge in [-0.1, -0.05) is 55.1 Å². The number of hydrogen-bond donors (Lipinski definition) is 1. The Morgan fingerprint density at radius 2 is 1.85 bits per heavy atom. The largest absolute Gasteiger partial charge is 0.496 e. The summed E-state index contributed by atoms with van der Waals surface area (Å²) in [5, 5.41) is 0.686. The summed E-state index contributed by atoms with van der Waals surface area (Å²) in [5.41, 5.74) is 3.02. The third-order valence-corrected chi connectivity index (χ3v) is 6.55. The lowest BCUT2D eigenvalue weighted by Crippen LogP contribution is -2.21. The molecule has 34 heavy (non-hydrogen) atoms. The fourth-order valence-corrected chi connectivity index (χ4v) is 3.91. The number of carbonyl (C=O) groups excluding carboxylic acids is 1. The van der Waals surface area contributed by atoms with Gasteiger partial charge < -0.3 is 14.4 Å². The van der Waals surface area contributed by atoms with Crippen LogP contribution in [0, 0.1) is 0 Å². The van der Waals surface area contributed by atoms with E-state index in [0.29, 0.717) is 11.4 Å². The summed E-state index contributed by atoms with van der Waals surface area (Å²) in [4.78, 5) is 12.4. The van der Waals surface area contributed by atoms with Crippen molar-refractivity contribution >= 4 is 27.9 Å². The molecule has 0 fully saturated rings. The van der Waals surface area contributed by atoms with Gasteiger partial charge in [-0.15, -0.1) is 0 Å². The zero-order chi connectivity index (χ0) is 25.6. The Morgan fingerprint density at radius 1 is 1.18 bits per heavy atom. The van der Waals surface area contributed by atoms with Crippen LogP contribution in [0.3, 0.4) is 0 Å². The molecule has 0 aliphatic rings. The van der Waals surface area contributed by atoms with E-state index in [1.807, 2.05) is 37.4 Å². The Kier molecular flexibility index (Phi) is 13.1. The number of nitrogens with one attached hydrogen (secondary N) is 1. The van der Waals surface area contributed by atoms with E-state index >= 15 is 0 Å². The predicted molar refractivity (Wildman–Crippen MR) is 140 cm³/mol. The maximum Gasteiger partial charge on any atom is 0.240 e. The van der Waals surface area contributed by atoms with Crippen LogP contribution in [0.4, 0.5) is 0 Å². The predicted octanol–water partition coefficient (Wildman–Crippen LogP) is 4.81. The lowest BCUT2D eigenvalue weighted by Gasteiger charge is -2.18. The maximum absolute atomic E-state index is 11.7. The van der Waals surface area contributed by atoms with E-state index in [0.717, 1.165) is 48.2 Å². The summed E-state index contributed by atoms with van der Waals surface area (Å²) in [6.07, 6.45) is 7.14. The minimum Gasteiger partial charge on any atom is -0.496 e. The summed E-state index contributed by atoms with van der Waals surface area (Å²) in [7, 11) is 1.69. The molecule has 0 amide bonds. The summed E-state index contributed by atoms with van der Waals surface area (Å²) >= 11 is 6.07. The number of methoxy groups -OCH3 is 1. The average Bonchev–Trinajstić information content (AvgIpc) is 2.83. The molecule has 0 heterocycles. The Bertz CT molecular complexity index is 1080. The number of ether oxygens (including phenoxy) is 1. The van der Waals surface area contributed by atoms with Gasteiger partial charge in [-0.2, -0.15) is 0 Å². The van der Waals surface area contributed by atoms with Crippen molar-refractivity contribution in [3.8, 4) is 5.75 Å². The lowest BCUT2D eigenvalue weighted by atomic mass is 10.1. The topological polar surface area (TPSA) is 75.7 Å². The molecular formula is C26H33ClN2O4S. The molecule has 8 heteroatoms. The van der Waals surface area contributed by atoms with Gasteiger partial charge in [0.25, 0.3) is 0 Å². The summed E-state index contributed by atoms with van der Waals surface area (Å²) in [5.74, 6) is 0.817. The summed E-state index contributed by atoms with van der Waals surface area (Å²) in [6.45, 7) is 8.56. The third-order valence-electron chi connectivity index (χ3n) is 4.88. The fourth-order valence-electron chi connectivity index (χ4n) is 2.98.